The summed E-state index contributed by atoms with van der Waals surface area (Å²) in [6.07, 6.45) is 0. The third kappa shape index (κ3) is 1.76. The molecule has 2 heterocycles. The van der Waals surface area contributed by atoms with Gasteiger partial charge in [-0.05, 0) is 18.2 Å². The van der Waals surface area contributed by atoms with Crippen LogP contribution in [0.4, 0.5) is 0 Å². The lowest BCUT2D eigenvalue weighted by atomic mass is 10.2. The summed E-state index contributed by atoms with van der Waals surface area (Å²) in [4.78, 5) is 4.61. The SMILES string of the molecule is Clc1cc2c(cc1-c1nc3ccccc3s1)OCO2. The molecule has 4 rings (SSSR count). The van der Waals surface area contributed by atoms with Crippen molar-refractivity contribution in [3.8, 4) is 22.1 Å². The van der Waals surface area contributed by atoms with Gasteiger partial charge >= 0.3 is 0 Å². The zero-order chi connectivity index (χ0) is 12.8. The first-order valence-corrected chi connectivity index (χ1v) is 6.96. The largest absolute Gasteiger partial charge is 0.454 e. The number of para-hydroxylation sites is 1. The van der Waals surface area contributed by atoms with Gasteiger partial charge in [-0.1, -0.05) is 23.7 Å². The minimum absolute atomic E-state index is 0.245. The van der Waals surface area contributed by atoms with Crippen molar-refractivity contribution in [3.63, 3.8) is 0 Å². The van der Waals surface area contributed by atoms with E-state index in [1.54, 1.807) is 17.4 Å². The predicted molar refractivity (Wildman–Crippen MR) is 76.2 cm³/mol. The zero-order valence-corrected chi connectivity index (χ0v) is 11.3. The molecule has 0 saturated carbocycles. The summed E-state index contributed by atoms with van der Waals surface area (Å²) in [5, 5.41) is 1.52. The molecule has 2 aromatic carbocycles. The van der Waals surface area contributed by atoms with E-state index < -0.39 is 0 Å². The summed E-state index contributed by atoms with van der Waals surface area (Å²) < 4.78 is 11.8. The van der Waals surface area contributed by atoms with Gasteiger partial charge in [0, 0.05) is 11.6 Å². The summed E-state index contributed by atoms with van der Waals surface area (Å²) in [6, 6.07) is 11.7. The van der Waals surface area contributed by atoms with E-state index in [4.69, 9.17) is 21.1 Å². The number of halogens is 1. The highest BCUT2D eigenvalue weighted by Crippen LogP contribution is 2.42. The van der Waals surface area contributed by atoms with Crippen LogP contribution in [0.15, 0.2) is 36.4 Å². The van der Waals surface area contributed by atoms with Crippen molar-refractivity contribution in [1.29, 1.82) is 0 Å². The molecule has 1 aromatic heterocycles. The van der Waals surface area contributed by atoms with Crippen LogP contribution in [0.25, 0.3) is 20.8 Å². The van der Waals surface area contributed by atoms with E-state index in [0.29, 0.717) is 10.8 Å². The number of benzene rings is 2. The highest BCUT2D eigenvalue weighted by Gasteiger charge is 2.19. The minimum atomic E-state index is 0.245. The Hall–Kier alpha value is -1.78. The highest BCUT2D eigenvalue weighted by atomic mass is 35.5. The molecule has 0 radical (unpaired) electrons. The first-order chi connectivity index (χ1) is 9.31. The highest BCUT2D eigenvalue weighted by molar-refractivity contribution is 7.21. The number of ether oxygens (including phenoxy) is 2. The molecule has 0 aliphatic carbocycles. The topological polar surface area (TPSA) is 31.4 Å². The Morgan fingerprint density at radius 2 is 1.89 bits per heavy atom. The average Bonchev–Trinajstić information content (AvgIpc) is 3.02. The third-order valence-corrected chi connectivity index (χ3v) is 4.37. The second-order valence-electron chi connectivity index (χ2n) is 4.17. The third-order valence-electron chi connectivity index (χ3n) is 2.99. The van der Waals surface area contributed by atoms with Crippen LogP contribution in [0, 0.1) is 0 Å². The van der Waals surface area contributed by atoms with Gasteiger partial charge in [0.25, 0.3) is 0 Å². The molecule has 1 aliphatic rings. The summed E-state index contributed by atoms with van der Waals surface area (Å²) in [7, 11) is 0. The van der Waals surface area contributed by atoms with Crippen molar-refractivity contribution in [1.82, 2.24) is 4.98 Å². The van der Waals surface area contributed by atoms with Crippen molar-refractivity contribution >= 4 is 33.2 Å². The lowest BCUT2D eigenvalue weighted by molar-refractivity contribution is 0.174. The van der Waals surface area contributed by atoms with Crippen molar-refractivity contribution in [2.75, 3.05) is 6.79 Å². The average molecular weight is 290 g/mol. The first-order valence-electron chi connectivity index (χ1n) is 5.76. The molecule has 3 nitrogen and oxygen atoms in total. The van der Waals surface area contributed by atoms with Crippen LogP contribution >= 0.6 is 22.9 Å². The number of nitrogens with zero attached hydrogens (tertiary/aromatic N) is 1. The molecule has 0 fully saturated rings. The Morgan fingerprint density at radius 1 is 1.11 bits per heavy atom. The van der Waals surface area contributed by atoms with Crippen LogP contribution in [0.5, 0.6) is 11.5 Å². The maximum atomic E-state index is 6.30. The fourth-order valence-corrected chi connectivity index (χ4v) is 3.36. The lowest BCUT2D eigenvalue weighted by Gasteiger charge is -2.02. The van der Waals surface area contributed by atoms with E-state index in [0.717, 1.165) is 26.5 Å². The van der Waals surface area contributed by atoms with Crippen LogP contribution in [-0.4, -0.2) is 11.8 Å². The molecular formula is C14H8ClNO2S. The fraction of sp³-hybridized carbons (Fsp3) is 0.0714. The van der Waals surface area contributed by atoms with Crippen LogP contribution < -0.4 is 9.47 Å². The molecule has 5 heteroatoms. The van der Waals surface area contributed by atoms with Crippen molar-refractivity contribution in [2.45, 2.75) is 0 Å². The second kappa shape index (κ2) is 4.11. The molecule has 0 amide bonds. The van der Waals surface area contributed by atoms with E-state index in [-0.39, 0.29) is 6.79 Å². The molecule has 0 unspecified atom stereocenters. The Balaban J connectivity index is 1.92. The van der Waals surface area contributed by atoms with Crippen molar-refractivity contribution in [2.24, 2.45) is 0 Å². The van der Waals surface area contributed by atoms with Crippen LogP contribution in [0.2, 0.25) is 5.02 Å². The molecular weight excluding hydrogens is 282 g/mol. The van der Waals surface area contributed by atoms with Crippen molar-refractivity contribution in [3.05, 3.63) is 41.4 Å². The minimum Gasteiger partial charge on any atom is -0.454 e. The monoisotopic (exact) mass is 289 g/mol. The normalized spacial score (nSPS) is 13.1. The molecule has 0 atom stereocenters. The van der Waals surface area contributed by atoms with E-state index in [1.165, 1.54) is 0 Å². The number of thiazole rings is 1. The second-order valence-corrected chi connectivity index (χ2v) is 5.61. The van der Waals surface area contributed by atoms with Gasteiger partial charge in [-0.25, -0.2) is 4.98 Å². The van der Waals surface area contributed by atoms with Crippen molar-refractivity contribution < 1.29 is 9.47 Å². The molecule has 94 valence electrons. The molecule has 19 heavy (non-hydrogen) atoms. The van der Waals surface area contributed by atoms with E-state index in [2.05, 4.69) is 11.1 Å². The van der Waals surface area contributed by atoms with E-state index in [9.17, 15) is 0 Å². The zero-order valence-electron chi connectivity index (χ0n) is 9.72. The molecule has 0 saturated heterocycles. The van der Waals surface area contributed by atoms with Crippen LogP contribution in [-0.2, 0) is 0 Å². The summed E-state index contributed by atoms with van der Waals surface area (Å²) >= 11 is 7.92. The maximum Gasteiger partial charge on any atom is 0.231 e. The fourth-order valence-electron chi connectivity index (χ4n) is 2.07. The number of aromatic nitrogens is 1. The number of rotatable bonds is 1. The smallest absolute Gasteiger partial charge is 0.231 e. The molecule has 3 aromatic rings. The van der Waals surface area contributed by atoms with E-state index in [1.807, 2.05) is 24.3 Å². The Morgan fingerprint density at radius 3 is 2.74 bits per heavy atom. The maximum absolute atomic E-state index is 6.30. The van der Waals surface area contributed by atoms with E-state index >= 15 is 0 Å². The number of hydrogen-bond acceptors (Lipinski definition) is 4. The van der Waals surface area contributed by atoms with Gasteiger partial charge < -0.3 is 9.47 Å². The molecule has 0 spiro atoms. The van der Waals surface area contributed by atoms with Gasteiger partial charge in [-0.15, -0.1) is 11.3 Å². The Kier molecular flexibility index (Phi) is 2.40. The van der Waals surface area contributed by atoms with Gasteiger partial charge in [-0.3, -0.25) is 0 Å². The van der Waals surface area contributed by atoms with Gasteiger partial charge in [0.1, 0.15) is 5.01 Å². The first kappa shape index (κ1) is 11.1. The number of fused-ring (bicyclic) bond motifs is 2. The quantitative estimate of drug-likeness (QED) is 0.667. The summed E-state index contributed by atoms with van der Waals surface area (Å²) in [6.45, 7) is 0.245. The standard InChI is InChI=1S/C14H8ClNO2S/c15-9-6-12-11(17-7-18-12)5-8(9)14-16-10-3-1-2-4-13(10)19-14/h1-6H,7H2. The molecule has 0 bridgehead atoms. The summed E-state index contributed by atoms with van der Waals surface area (Å²) in [5.74, 6) is 1.41. The Labute approximate surface area is 118 Å². The van der Waals surface area contributed by atoms with Gasteiger partial charge in [-0.2, -0.15) is 0 Å². The number of hydrogen-bond donors (Lipinski definition) is 0. The predicted octanol–water partition coefficient (Wildman–Crippen LogP) is 4.35. The summed E-state index contributed by atoms with van der Waals surface area (Å²) in [5.41, 5.74) is 1.86. The lowest BCUT2D eigenvalue weighted by Crippen LogP contribution is -1.92. The van der Waals surface area contributed by atoms with Crippen LogP contribution in [0.1, 0.15) is 0 Å². The van der Waals surface area contributed by atoms with Gasteiger partial charge in [0.2, 0.25) is 6.79 Å². The van der Waals surface area contributed by atoms with Crippen LogP contribution in [0.3, 0.4) is 0 Å². The molecule has 1 aliphatic heterocycles. The molecule has 0 N–H and O–H groups in total. The Bertz CT molecular complexity index is 751. The van der Waals surface area contributed by atoms with Gasteiger partial charge in [0.15, 0.2) is 11.5 Å². The van der Waals surface area contributed by atoms with Gasteiger partial charge in [0.05, 0.1) is 15.2 Å².